The van der Waals surface area contributed by atoms with Crippen molar-refractivity contribution in [3.8, 4) is 16.9 Å². The Labute approximate surface area is 149 Å². The Morgan fingerprint density at radius 2 is 1.96 bits per heavy atom. The smallest absolute Gasteiger partial charge is 0.138 e. The first-order chi connectivity index (χ1) is 12.3. The number of halogens is 1. The maximum Gasteiger partial charge on any atom is 0.138 e. The third kappa shape index (κ3) is 5.02. The van der Waals surface area contributed by atoms with Crippen LogP contribution in [0.3, 0.4) is 0 Å². The molecule has 0 unspecified atom stereocenters. The predicted octanol–water partition coefficient (Wildman–Crippen LogP) is 4.51. The topological polar surface area (TPSA) is 25.4 Å². The maximum atomic E-state index is 12.1. The summed E-state index contributed by atoms with van der Waals surface area (Å²) in [6.07, 6.45) is 8.54. The molecule has 1 aliphatic heterocycles. The Morgan fingerprint density at radius 3 is 2.64 bits per heavy atom. The highest BCUT2D eigenvalue weighted by molar-refractivity contribution is 5.64. The van der Waals surface area contributed by atoms with E-state index in [-0.39, 0.29) is 6.67 Å². The number of ether oxygens (including phenoxy) is 1. The normalized spacial score (nSPS) is 17.3. The highest BCUT2D eigenvalue weighted by Gasteiger charge is 2.24. The van der Waals surface area contributed by atoms with E-state index < -0.39 is 0 Å². The van der Waals surface area contributed by atoms with Gasteiger partial charge in [0, 0.05) is 17.8 Å². The van der Waals surface area contributed by atoms with Crippen LogP contribution in [0.2, 0.25) is 0 Å². The summed E-state index contributed by atoms with van der Waals surface area (Å²) in [5, 5.41) is 0. The third-order valence-electron chi connectivity index (χ3n) is 4.98. The molecule has 4 heteroatoms. The number of likely N-dealkylation sites (N-methyl/N-ethyl adjacent to an activating group) is 1. The molecule has 1 aromatic heterocycles. The van der Waals surface area contributed by atoms with Crippen molar-refractivity contribution >= 4 is 0 Å². The summed E-state index contributed by atoms with van der Waals surface area (Å²) in [5.41, 5.74) is 3.52. The molecule has 0 saturated carbocycles. The van der Waals surface area contributed by atoms with Gasteiger partial charge in [0.2, 0.25) is 0 Å². The van der Waals surface area contributed by atoms with Gasteiger partial charge in [0.1, 0.15) is 12.4 Å². The number of rotatable bonds is 9. The molecule has 3 nitrogen and oxygen atoms in total. The Morgan fingerprint density at radius 1 is 1.12 bits per heavy atom. The number of pyridine rings is 1. The molecule has 1 saturated heterocycles. The number of nitrogens with zero attached hydrogens (tertiary/aromatic N) is 2. The number of likely N-dealkylation sites (tertiary alicyclic amines) is 1. The van der Waals surface area contributed by atoms with Gasteiger partial charge in [-0.25, -0.2) is 0 Å². The van der Waals surface area contributed by atoms with Crippen LogP contribution in [0.15, 0.2) is 42.7 Å². The first-order valence-electron chi connectivity index (χ1n) is 9.19. The summed E-state index contributed by atoms with van der Waals surface area (Å²) in [4.78, 5) is 6.63. The van der Waals surface area contributed by atoms with Gasteiger partial charge in [0.05, 0.1) is 12.9 Å². The van der Waals surface area contributed by atoms with Crippen molar-refractivity contribution < 1.29 is 9.13 Å². The van der Waals surface area contributed by atoms with Crippen LogP contribution in [-0.4, -0.2) is 42.8 Å². The number of hydrogen-bond acceptors (Lipinski definition) is 3. The summed E-state index contributed by atoms with van der Waals surface area (Å²) >= 11 is 0. The zero-order valence-corrected chi connectivity index (χ0v) is 15.0. The van der Waals surface area contributed by atoms with Crippen molar-refractivity contribution in [1.82, 2.24) is 9.88 Å². The van der Waals surface area contributed by atoms with Gasteiger partial charge in [-0.3, -0.25) is 14.3 Å². The second-order valence-electron chi connectivity index (χ2n) is 6.84. The SMILES string of the molecule is CN1CC[C@H]1COc1cncc(-c2ccc(CCCCCF)cc2)c1. The van der Waals surface area contributed by atoms with Gasteiger partial charge in [-0.05, 0) is 56.5 Å². The van der Waals surface area contributed by atoms with E-state index in [0.29, 0.717) is 12.5 Å². The van der Waals surface area contributed by atoms with Crippen LogP contribution in [0.5, 0.6) is 5.75 Å². The fourth-order valence-electron chi connectivity index (χ4n) is 3.09. The first-order valence-corrected chi connectivity index (χ1v) is 9.19. The van der Waals surface area contributed by atoms with Gasteiger partial charge in [-0.1, -0.05) is 30.7 Å². The van der Waals surface area contributed by atoms with Gasteiger partial charge in [-0.2, -0.15) is 0 Å². The monoisotopic (exact) mass is 342 g/mol. The highest BCUT2D eigenvalue weighted by atomic mass is 19.1. The number of aryl methyl sites for hydroxylation is 1. The molecule has 0 bridgehead atoms. The van der Waals surface area contributed by atoms with E-state index in [1.165, 1.54) is 12.0 Å². The lowest BCUT2D eigenvalue weighted by molar-refractivity contribution is 0.0768. The molecule has 0 radical (unpaired) electrons. The summed E-state index contributed by atoms with van der Waals surface area (Å²) in [6, 6.07) is 11.2. The lowest BCUT2D eigenvalue weighted by Gasteiger charge is -2.37. The number of benzene rings is 1. The van der Waals surface area contributed by atoms with Crippen molar-refractivity contribution in [1.29, 1.82) is 0 Å². The number of hydrogen-bond donors (Lipinski definition) is 0. The zero-order valence-electron chi connectivity index (χ0n) is 15.0. The standard InChI is InChI=1S/C21H27FN2O/c1-24-12-10-20(24)16-25-21-13-19(14-23-15-21)18-8-6-17(7-9-18)5-3-2-4-11-22/h6-9,13-15,20H,2-5,10-12,16H2,1H3/t20-/m0/s1. The van der Waals surface area contributed by atoms with E-state index in [2.05, 4.69) is 47.3 Å². The van der Waals surface area contributed by atoms with E-state index in [1.54, 1.807) is 6.20 Å². The highest BCUT2D eigenvalue weighted by Crippen LogP contribution is 2.24. The quantitative estimate of drug-likeness (QED) is 0.627. The molecular weight excluding hydrogens is 315 g/mol. The second-order valence-corrected chi connectivity index (χ2v) is 6.84. The van der Waals surface area contributed by atoms with E-state index >= 15 is 0 Å². The molecule has 25 heavy (non-hydrogen) atoms. The van der Waals surface area contributed by atoms with Gasteiger partial charge in [0.25, 0.3) is 0 Å². The molecule has 3 rings (SSSR count). The van der Waals surface area contributed by atoms with Gasteiger partial charge in [0.15, 0.2) is 0 Å². The largest absolute Gasteiger partial charge is 0.490 e. The Bertz CT molecular complexity index is 659. The molecule has 134 valence electrons. The van der Waals surface area contributed by atoms with Crippen molar-refractivity contribution in [2.75, 3.05) is 26.9 Å². The maximum absolute atomic E-state index is 12.1. The van der Waals surface area contributed by atoms with Crippen LogP contribution < -0.4 is 4.74 Å². The molecule has 1 aromatic carbocycles. The van der Waals surface area contributed by atoms with Crippen molar-refractivity contribution in [3.63, 3.8) is 0 Å². The molecule has 2 heterocycles. The molecule has 1 atom stereocenters. The average Bonchev–Trinajstić information content (AvgIpc) is 2.65. The minimum atomic E-state index is -0.207. The van der Waals surface area contributed by atoms with E-state index in [0.717, 1.165) is 49.3 Å². The Kier molecular flexibility index (Phi) is 6.40. The summed E-state index contributed by atoms with van der Waals surface area (Å²) < 4.78 is 18.0. The third-order valence-corrected chi connectivity index (χ3v) is 4.98. The molecule has 2 aromatic rings. The number of alkyl halides is 1. The summed E-state index contributed by atoms with van der Waals surface area (Å²) in [6.45, 7) is 1.67. The van der Waals surface area contributed by atoms with Gasteiger partial charge >= 0.3 is 0 Å². The Balaban J connectivity index is 1.56. The van der Waals surface area contributed by atoms with Crippen LogP contribution in [0, 0.1) is 0 Å². The minimum Gasteiger partial charge on any atom is -0.490 e. The van der Waals surface area contributed by atoms with Crippen LogP contribution in [0.25, 0.3) is 11.1 Å². The minimum absolute atomic E-state index is 0.207. The molecule has 0 aliphatic carbocycles. The first kappa shape index (κ1) is 17.9. The molecule has 0 spiro atoms. The fraction of sp³-hybridized carbons (Fsp3) is 0.476. The molecule has 0 N–H and O–H groups in total. The lowest BCUT2D eigenvalue weighted by Crippen LogP contribution is -2.48. The second kappa shape index (κ2) is 8.95. The van der Waals surface area contributed by atoms with Gasteiger partial charge in [-0.15, -0.1) is 0 Å². The predicted molar refractivity (Wildman–Crippen MR) is 99.7 cm³/mol. The van der Waals surface area contributed by atoms with Gasteiger partial charge < -0.3 is 4.74 Å². The fourth-order valence-corrected chi connectivity index (χ4v) is 3.09. The van der Waals surface area contributed by atoms with Crippen LogP contribution >= 0.6 is 0 Å². The zero-order chi connectivity index (χ0) is 17.5. The molecular formula is C21H27FN2O. The summed E-state index contributed by atoms with van der Waals surface area (Å²) in [5.74, 6) is 0.827. The van der Waals surface area contributed by atoms with E-state index in [1.807, 2.05) is 6.20 Å². The average molecular weight is 342 g/mol. The van der Waals surface area contributed by atoms with E-state index in [4.69, 9.17) is 4.74 Å². The lowest BCUT2D eigenvalue weighted by atomic mass is 10.0. The Hall–Kier alpha value is -1.94. The molecule has 0 amide bonds. The summed E-state index contributed by atoms with van der Waals surface area (Å²) in [7, 11) is 2.13. The number of unbranched alkanes of at least 4 members (excludes halogenated alkanes) is 2. The van der Waals surface area contributed by atoms with Crippen LogP contribution in [0.1, 0.15) is 31.2 Å². The molecule has 1 aliphatic rings. The molecule has 1 fully saturated rings. The van der Waals surface area contributed by atoms with E-state index in [9.17, 15) is 4.39 Å². The van der Waals surface area contributed by atoms with Crippen molar-refractivity contribution in [2.45, 2.75) is 38.1 Å². The van der Waals surface area contributed by atoms with Crippen molar-refractivity contribution in [3.05, 3.63) is 48.3 Å². The van der Waals surface area contributed by atoms with Crippen molar-refractivity contribution in [2.24, 2.45) is 0 Å². The number of aromatic nitrogens is 1. The van der Waals surface area contributed by atoms with Crippen LogP contribution in [-0.2, 0) is 6.42 Å². The van der Waals surface area contributed by atoms with Crippen LogP contribution in [0.4, 0.5) is 4.39 Å².